The quantitative estimate of drug-likeness (QED) is 0.302. The van der Waals surface area contributed by atoms with Crippen LogP contribution in [0.5, 0.6) is 0 Å². The van der Waals surface area contributed by atoms with E-state index in [1.807, 2.05) is 11.4 Å². The van der Waals surface area contributed by atoms with Crippen LogP contribution in [0.15, 0.2) is 68.4 Å². The normalized spacial score (nSPS) is 11.3. The molecule has 0 spiro atoms. The van der Waals surface area contributed by atoms with Gasteiger partial charge in [-0.15, -0.1) is 11.3 Å². The zero-order valence-corrected chi connectivity index (χ0v) is 22.8. The topological polar surface area (TPSA) is 143 Å². The highest BCUT2D eigenvalue weighted by atomic mass is 35.5. The molecule has 0 saturated carbocycles. The molecule has 2 aromatic carbocycles. The highest BCUT2D eigenvalue weighted by Crippen LogP contribution is 2.29. The van der Waals surface area contributed by atoms with Gasteiger partial charge in [0.2, 0.25) is 5.95 Å². The molecule has 0 saturated heterocycles. The van der Waals surface area contributed by atoms with Crippen molar-refractivity contribution in [3.05, 3.63) is 113 Å². The van der Waals surface area contributed by atoms with E-state index in [-0.39, 0.29) is 35.2 Å². The van der Waals surface area contributed by atoms with Gasteiger partial charge in [-0.1, -0.05) is 17.7 Å². The van der Waals surface area contributed by atoms with Crippen LogP contribution in [0.2, 0.25) is 5.02 Å². The number of aromatic amines is 1. The van der Waals surface area contributed by atoms with Crippen LogP contribution in [0, 0.1) is 17.1 Å². The van der Waals surface area contributed by atoms with Gasteiger partial charge in [-0.3, -0.25) is 14.0 Å². The fourth-order valence-corrected chi connectivity index (χ4v) is 5.46. The molecule has 2 N–H and O–H groups in total. The summed E-state index contributed by atoms with van der Waals surface area (Å²) in [5, 5.41) is 20.2. The first kappa shape index (κ1) is 26.2. The Kier molecular flexibility index (Phi) is 6.49. The Hall–Kier alpha value is -5.06. The van der Waals surface area contributed by atoms with Crippen molar-refractivity contribution in [2.75, 3.05) is 5.32 Å². The van der Waals surface area contributed by atoms with Crippen LogP contribution in [0.3, 0.4) is 0 Å². The second-order valence-corrected chi connectivity index (χ2v) is 10.6. The molecule has 6 rings (SSSR count). The van der Waals surface area contributed by atoms with Gasteiger partial charge in [0, 0.05) is 29.6 Å². The van der Waals surface area contributed by atoms with Crippen LogP contribution in [-0.4, -0.2) is 28.9 Å². The first-order valence-electron chi connectivity index (χ1n) is 12.1. The zero-order valence-electron chi connectivity index (χ0n) is 21.2. The number of rotatable bonds is 6. The molecule has 0 fully saturated rings. The molecule has 204 valence electrons. The number of hydrogen-bond acceptors (Lipinski definition) is 8. The number of H-pyrrole nitrogens is 1. The van der Waals surface area contributed by atoms with Crippen LogP contribution < -0.4 is 22.3 Å². The molecule has 41 heavy (non-hydrogen) atoms. The Labute approximate surface area is 238 Å². The lowest BCUT2D eigenvalue weighted by Gasteiger charge is -2.16. The van der Waals surface area contributed by atoms with Gasteiger partial charge in [0.1, 0.15) is 16.7 Å². The largest absolute Gasteiger partial charge is 0.355 e. The Morgan fingerprint density at radius 1 is 1.10 bits per heavy atom. The number of nitrogens with one attached hydrogen (secondary N) is 2. The maximum atomic E-state index is 14.0. The maximum Gasteiger partial charge on any atom is 0.355 e. The number of thiophene rings is 1. The number of aryl methyl sites for hydroxylation is 1. The summed E-state index contributed by atoms with van der Waals surface area (Å²) >= 11 is 7.84. The van der Waals surface area contributed by atoms with Gasteiger partial charge in [-0.05, 0) is 47.3 Å². The third kappa shape index (κ3) is 4.90. The molecule has 11 nitrogen and oxygen atoms in total. The Morgan fingerprint density at radius 3 is 2.73 bits per heavy atom. The predicted octanol–water partition coefficient (Wildman–Crippen LogP) is 3.70. The summed E-state index contributed by atoms with van der Waals surface area (Å²) in [6.07, 6.45) is 1.78. The number of halogens is 2. The SMILES string of the molecule is Cn1cc2cc(Nc3nc(=O)n(Cc4cc5ccsc5[nH]c4=O)c(=O)n3Cc3ccc(F)c(C#N)c3)c(Cl)cc2n1. The summed E-state index contributed by atoms with van der Waals surface area (Å²) in [5.41, 5.74) is -0.698. The van der Waals surface area contributed by atoms with Gasteiger partial charge in [-0.2, -0.15) is 15.3 Å². The number of hydrogen-bond donors (Lipinski definition) is 2. The molecule has 0 radical (unpaired) electrons. The van der Waals surface area contributed by atoms with Gasteiger partial charge in [0.15, 0.2) is 0 Å². The fraction of sp³-hybridized carbons (Fsp3) is 0.111. The van der Waals surface area contributed by atoms with Crippen LogP contribution >= 0.6 is 22.9 Å². The number of nitriles is 1. The van der Waals surface area contributed by atoms with E-state index >= 15 is 0 Å². The molecule has 14 heteroatoms. The predicted molar refractivity (Wildman–Crippen MR) is 154 cm³/mol. The van der Waals surface area contributed by atoms with Crippen molar-refractivity contribution in [3.8, 4) is 6.07 Å². The molecule has 0 bridgehead atoms. The Morgan fingerprint density at radius 2 is 1.93 bits per heavy atom. The molecule has 4 heterocycles. The maximum absolute atomic E-state index is 14.0. The van der Waals surface area contributed by atoms with E-state index < -0.39 is 22.8 Å². The molecule has 4 aromatic heterocycles. The summed E-state index contributed by atoms with van der Waals surface area (Å²) in [5.74, 6) is -0.837. The standard InChI is InChI=1S/C27H18ClFN8O3S/c1-35-12-17-8-22(19(28)9-21(17)34-35)31-25-33-26(39)37(13-18-7-15-4-5-41-24(15)32-23(18)38)27(40)36(25)11-14-2-3-20(29)16(6-14)10-30/h2-9,12H,11,13H2,1H3,(H,32,38)(H,31,33,39). The van der Waals surface area contributed by atoms with Crippen LogP contribution in [0.4, 0.5) is 16.0 Å². The second kappa shape index (κ2) is 10.2. The molecular formula is C27H18ClFN8O3S. The van der Waals surface area contributed by atoms with Crippen LogP contribution in [-0.2, 0) is 20.1 Å². The average molecular weight is 589 g/mol. The van der Waals surface area contributed by atoms with Crippen LogP contribution in [0.25, 0.3) is 21.1 Å². The first-order valence-corrected chi connectivity index (χ1v) is 13.4. The van der Waals surface area contributed by atoms with E-state index in [1.165, 1.54) is 23.5 Å². The highest BCUT2D eigenvalue weighted by Gasteiger charge is 2.18. The van der Waals surface area contributed by atoms with Crippen LogP contribution in [0.1, 0.15) is 16.7 Å². The first-order chi connectivity index (χ1) is 19.7. The number of nitrogens with zero attached hydrogens (tertiary/aromatic N) is 6. The van der Waals surface area contributed by atoms with Gasteiger partial charge in [0.25, 0.3) is 5.56 Å². The van der Waals surface area contributed by atoms with Gasteiger partial charge < -0.3 is 10.3 Å². The molecule has 0 aliphatic heterocycles. The van der Waals surface area contributed by atoms with Gasteiger partial charge in [-0.25, -0.2) is 18.5 Å². The summed E-state index contributed by atoms with van der Waals surface area (Å²) in [6, 6.07) is 12.4. The van der Waals surface area contributed by atoms with E-state index in [0.29, 0.717) is 21.6 Å². The minimum Gasteiger partial charge on any atom is -0.324 e. The fourth-order valence-electron chi connectivity index (χ4n) is 4.49. The highest BCUT2D eigenvalue weighted by molar-refractivity contribution is 7.16. The second-order valence-electron chi connectivity index (χ2n) is 9.25. The smallest absolute Gasteiger partial charge is 0.324 e. The van der Waals surface area contributed by atoms with E-state index in [2.05, 4.69) is 20.4 Å². The van der Waals surface area contributed by atoms with E-state index in [4.69, 9.17) is 11.6 Å². The molecule has 0 amide bonds. The van der Waals surface area contributed by atoms with Crippen molar-refractivity contribution in [3.63, 3.8) is 0 Å². The summed E-state index contributed by atoms with van der Waals surface area (Å²) in [4.78, 5) is 47.2. The number of fused-ring (bicyclic) bond motifs is 2. The molecule has 0 unspecified atom stereocenters. The minimum absolute atomic E-state index is 0.133. The third-order valence-electron chi connectivity index (χ3n) is 6.47. The van der Waals surface area contributed by atoms with E-state index in [9.17, 15) is 24.0 Å². The molecule has 0 atom stereocenters. The van der Waals surface area contributed by atoms with Crippen molar-refractivity contribution in [1.82, 2.24) is 28.9 Å². The molecule has 6 aromatic rings. The number of pyridine rings is 1. The molecule has 0 aliphatic rings. The number of benzene rings is 2. The van der Waals surface area contributed by atoms with Crippen molar-refractivity contribution in [2.24, 2.45) is 7.05 Å². The number of aromatic nitrogens is 6. The number of anilines is 2. The average Bonchev–Trinajstić information content (AvgIpc) is 3.54. The minimum atomic E-state index is -0.894. The lowest BCUT2D eigenvalue weighted by molar-refractivity contribution is 0.585. The summed E-state index contributed by atoms with van der Waals surface area (Å²) in [6.45, 7) is -0.503. The Balaban J connectivity index is 1.48. The van der Waals surface area contributed by atoms with Crippen molar-refractivity contribution < 1.29 is 4.39 Å². The molecule has 0 aliphatic carbocycles. The van der Waals surface area contributed by atoms with Crippen molar-refractivity contribution in [2.45, 2.75) is 13.1 Å². The van der Waals surface area contributed by atoms with E-state index in [0.717, 1.165) is 26.0 Å². The lowest BCUT2D eigenvalue weighted by Crippen LogP contribution is -2.43. The summed E-state index contributed by atoms with van der Waals surface area (Å²) < 4.78 is 17.6. The lowest BCUT2D eigenvalue weighted by atomic mass is 10.1. The Bertz CT molecular complexity index is 2220. The molecular weight excluding hydrogens is 571 g/mol. The van der Waals surface area contributed by atoms with Crippen molar-refractivity contribution >= 4 is 55.7 Å². The van der Waals surface area contributed by atoms with Gasteiger partial charge >= 0.3 is 11.4 Å². The van der Waals surface area contributed by atoms with E-state index in [1.54, 1.807) is 42.2 Å². The monoisotopic (exact) mass is 588 g/mol. The van der Waals surface area contributed by atoms with Gasteiger partial charge in [0.05, 0.1) is 34.9 Å². The zero-order chi connectivity index (χ0) is 28.8. The third-order valence-corrected chi connectivity index (χ3v) is 7.63. The van der Waals surface area contributed by atoms with Crippen molar-refractivity contribution in [1.29, 1.82) is 5.26 Å². The summed E-state index contributed by atoms with van der Waals surface area (Å²) in [7, 11) is 1.76.